The molecule has 0 saturated carbocycles. The lowest BCUT2D eigenvalue weighted by atomic mass is 10.2. The number of furan rings is 1. The van der Waals surface area contributed by atoms with Crippen LogP contribution in [0.3, 0.4) is 0 Å². The molecule has 30 heavy (non-hydrogen) atoms. The first kappa shape index (κ1) is 19.7. The van der Waals surface area contributed by atoms with Gasteiger partial charge in [-0.1, -0.05) is 12.1 Å². The average molecular weight is 409 g/mol. The second kappa shape index (κ2) is 8.02. The summed E-state index contributed by atoms with van der Waals surface area (Å²) in [5, 5.41) is 11.4. The Balaban J connectivity index is 1.44. The van der Waals surface area contributed by atoms with Gasteiger partial charge in [0.25, 0.3) is 0 Å². The number of nitrogens with zero attached hydrogens (tertiary/aromatic N) is 4. The predicted octanol–water partition coefficient (Wildman–Crippen LogP) is 3.24. The molecule has 0 atom stereocenters. The molecule has 0 unspecified atom stereocenters. The van der Waals surface area contributed by atoms with Crippen LogP contribution in [0.1, 0.15) is 34.1 Å². The molecule has 1 aliphatic heterocycles. The topological polar surface area (TPSA) is 102 Å². The van der Waals surface area contributed by atoms with Crippen molar-refractivity contribution in [1.82, 2.24) is 19.7 Å². The zero-order valence-electron chi connectivity index (χ0n) is 17.1. The maximum absolute atomic E-state index is 12.6. The Hall–Kier alpha value is -3.62. The van der Waals surface area contributed by atoms with Gasteiger partial charge in [-0.2, -0.15) is 0 Å². The molecule has 9 nitrogen and oxygen atoms in total. The fourth-order valence-electron chi connectivity index (χ4n) is 3.56. The minimum Gasteiger partial charge on any atom is -0.465 e. The zero-order valence-corrected chi connectivity index (χ0v) is 17.1. The number of amides is 2. The number of urea groups is 1. The van der Waals surface area contributed by atoms with Crippen molar-refractivity contribution in [1.29, 1.82) is 0 Å². The Kier molecular flexibility index (Phi) is 5.26. The van der Waals surface area contributed by atoms with Gasteiger partial charge in [0.05, 0.1) is 13.7 Å². The van der Waals surface area contributed by atoms with E-state index in [4.69, 9.17) is 9.15 Å². The summed E-state index contributed by atoms with van der Waals surface area (Å²) < 4.78 is 12.4. The lowest BCUT2D eigenvalue weighted by Crippen LogP contribution is -2.30. The quantitative estimate of drug-likeness (QED) is 0.649. The van der Waals surface area contributed by atoms with E-state index in [2.05, 4.69) is 20.1 Å². The van der Waals surface area contributed by atoms with E-state index in [0.29, 0.717) is 22.8 Å². The summed E-state index contributed by atoms with van der Waals surface area (Å²) >= 11 is 0. The number of carbonyl (C=O) groups excluding carboxylic acids is 2. The summed E-state index contributed by atoms with van der Waals surface area (Å²) in [4.78, 5) is 25.8. The van der Waals surface area contributed by atoms with Crippen LogP contribution in [0.5, 0.6) is 0 Å². The van der Waals surface area contributed by atoms with Crippen molar-refractivity contribution >= 4 is 17.7 Å². The molecule has 156 valence electrons. The summed E-state index contributed by atoms with van der Waals surface area (Å²) in [5.41, 5.74) is 1.92. The number of esters is 1. The van der Waals surface area contributed by atoms with Crippen molar-refractivity contribution in [2.24, 2.45) is 0 Å². The molecule has 0 fully saturated rings. The molecule has 1 N–H and O–H groups in total. The molecule has 2 aromatic heterocycles. The lowest BCUT2D eigenvalue weighted by molar-refractivity contribution is 0.0598. The van der Waals surface area contributed by atoms with Crippen LogP contribution in [-0.2, 0) is 24.2 Å². The van der Waals surface area contributed by atoms with Gasteiger partial charge < -0.3 is 23.9 Å². The molecule has 1 aliphatic rings. The summed E-state index contributed by atoms with van der Waals surface area (Å²) in [5.74, 6) is 2.30. The smallest absolute Gasteiger partial charge is 0.341 e. The number of hydrogen-bond acceptors (Lipinski definition) is 6. The van der Waals surface area contributed by atoms with E-state index in [1.165, 1.54) is 12.0 Å². The molecule has 1 aromatic carbocycles. The van der Waals surface area contributed by atoms with Crippen molar-refractivity contribution in [2.75, 3.05) is 19.5 Å². The number of benzene rings is 1. The highest BCUT2D eigenvalue weighted by molar-refractivity contribution is 5.91. The number of rotatable bonds is 5. The Labute approximate surface area is 173 Å². The van der Waals surface area contributed by atoms with E-state index < -0.39 is 5.97 Å². The van der Waals surface area contributed by atoms with Crippen LogP contribution in [0.4, 0.5) is 10.5 Å². The number of aromatic nitrogens is 3. The van der Waals surface area contributed by atoms with Crippen molar-refractivity contribution in [3.63, 3.8) is 0 Å². The van der Waals surface area contributed by atoms with Crippen LogP contribution in [-0.4, -0.2) is 45.8 Å². The SMILES string of the molecule is COC(=O)c1cc(CN(C)C(=O)Nc2cccc(-c3nnc4n3CCC4)c2)oc1C. The molecule has 0 radical (unpaired) electrons. The summed E-state index contributed by atoms with van der Waals surface area (Å²) in [6.45, 7) is 2.80. The van der Waals surface area contributed by atoms with Gasteiger partial charge in [-0.05, 0) is 31.5 Å². The second-order valence-electron chi connectivity index (χ2n) is 7.24. The third-order valence-corrected chi connectivity index (χ3v) is 5.10. The fourth-order valence-corrected chi connectivity index (χ4v) is 3.56. The maximum atomic E-state index is 12.6. The van der Waals surface area contributed by atoms with Gasteiger partial charge >= 0.3 is 12.0 Å². The van der Waals surface area contributed by atoms with E-state index in [-0.39, 0.29) is 12.6 Å². The molecule has 2 amide bonds. The van der Waals surface area contributed by atoms with Crippen molar-refractivity contribution in [2.45, 2.75) is 32.9 Å². The number of hydrogen-bond donors (Lipinski definition) is 1. The summed E-state index contributed by atoms with van der Waals surface area (Å²) in [6.07, 6.45) is 2.02. The van der Waals surface area contributed by atoms with E-state index >= 15 is 0 Å². The standard InChI is InChI=1S/C21H23N5O4/c1-13-17(20(27)29-3)11-16(30-13)12-25(2)21(28)22-15-7-4-6-14(10-15)19-24-23-18-8-5-9-26(18)19/h4,6-7,10-11H,5,8-9,12H2,1-3H3,(H,22,28). The Bertz CT molecular complexity index is 1100. The zero-order chi connectivity index (χ0) is 21.3. The number of fused-ring (bicyclic) bond motifs is 1. The Morgan fingerprint density at radius 2 is 2.13 bits per heavy atom. The van der Waals surface area contributed by atoms with Crippen molar-refractivity contribution in [3.05, 3.63) is 53.2 Å². The number of carbonyl (C=O) groups is 2. The first-order valence-corrected chi connectivity index (χ1v) is 9.68. The molecule has 0 bridgehead atoms. The monoisotopic (exact) mass is 409 g/mol. The summed E-state index contributed by atoms with van der Waals surface area (Å²) in [6, 6.07) is 8.83. The van der Waals surface area contributed by atoms with Gasteiger partial charge in [-0.25, -0.2) is 9.59 Å². The van der Waals surface area contributed by atoms with Crippen LogP contribution in [0.2, 0.25) is 0 Å². The fraction of sp³-hybridized carbons (Fsp3) is 0.333. The normalized spacial score (nSPS) is 12.5. The number of aryl methyl sites for hydroxylation is 2. The number of anilines is 1. The van der Waals surface area contributed by atoms with Crippen LogP contribution in [0, 0.1) is 6.92 Å². The van der Waals surface area contributed by atoms with E-state index in [1.54, 1.807) is 20.0 Å². The van der Waals surface area contributed by atoms with Crippen molar-refractivity contribution in [3.8, 4) is 11.4 Å². The first-order valence-electron chi connectivity index (χ1n) is 9.68. The van der Waals surface area contributed by atoms with E-state index in [1.807, 2.05) is 24.3 Å². The third kappa shape index (κ3) is 3.78. The van der Waals surface area contributed by atoms with Crippen LogP contribution in [0.25, 0.3) is 11.4 Å². The molecule has 0 spiro atoms. The van der Waals surface area contributed by atoms with Gasteiger partial charge in [0.1, 0.15) is 22.9 Å². The first-order chi connectivity index (χ1) is 14.5. The van der Waals surface area contributed by atoms with Crippen LogP contribution in [0.15, 0.2) is 34.7 Å². The molecule has 4 rings (SSSR count). The van der Waals surface area contributed by atoms with Crippen LogP contribution >= 0.6 is 0 Å². The third-order valence-electron chi connectivity index (χ3n) is 5.10. The molecule has 0 saturated heterocycles. The van der Waals surface area contributed by atoms with Gasteiger partial charge in [0.15, 0.2) is 5.82 Å². The molecular weight excluding hydrogens is 386 g/mol. The van der Waals surface area contributed by atoms with Gasteiger partial charge in [-0.15, -0.1) is 10.2 Å². The Morgan fingerprint density at radius 3 is 2.93 bits per heavy atom. The predicted molar refractivity (Wildman–Crippen MR) is 109 cm³/mol. The van der Waals surface area contributed by atoms with Gasteiger partial charge in [0, 0.05) is 31.3 Å². The second-order valence-corrected chi connectivity index (χ2v) is 7.24. The largest absolute Gasteiger partial charge is 0.465 e. The highest BCUT2D eigenvalue weighted by Crippen LogP contribution is 2.25. The molecule has 9 heteroatoms. The summed E-state index contributed by atoms with van der Waals surface area (Å²) in [7, 11) is 2.97. The van der Waals surface area contributed by atoms with E-state index in [0.717, 1.165) is 36.6 Å². The van der Waals surface area contributed by atoms with Gasteiger partial charge in [-0.3, -0.25) is 0 Å². The minimum atomic E-state index is -0.466. The number of ether oxygens (including phenoxy) is 1. The highest BCUT2D eigenvalue weighted by atomic mass is 16.5. The number of nitrogens with one attached hydrogen (secondary N) is 1. The molecular formula is C21H23N5O4. The average Bonchev–Trinajstić information content (AvgIpc) is 3.43. The molecule has 3 aromatic rings. The number of methoxy groups -OCH3 is 1. The van der Waals surface area contributed by atoms with Gasteiger partial charge in [0.2, 0.25) is 0 Å². The Morgan fingerprint density at radius 1 is 1.30 bits per heavy atom. The molecule has 0 aliphatic carbocycles. The lowest BCUT2D eigenvalue weighted by Gasteiger charge is -2.17. The highest BCUT2D eigenvalue weighted by Gasteiger charge is 2.20. The van der Waals surface area contributed by atoms with Crippen molar-refractivity contribution < 1.29 is 18.7 Å². The molecule has 3 heterocycles. The minimum absolute atomic E-state index is 0.209. The maximum Gasteiger partial charge on any atom is 0.341 e. The van der Waals surface area contributed by atoms with Crippen LogP contribution < -0.4 is 5.32 Å². The van der Waals surface area contributed by atoms with E-state index in [9.17, 15) is 9.59 Å².